The Kier molecular flexibility index (Phi) is 4.67. The molecule has 1 aliphatic rings. The molecule has 26 heavy (non-hydrogen) atoms. The van der Waals surface area contributed by atoms with Gasteiger partial charge >= 0.3 is 0 Å². The van der Waals surface area contributed by atoms with Gasteiger partial charge in [-0.05, 0) is 31.9 Å². The van der Waals surface area contributed by atoms with Crippen LogP contribution in [0.5, 0.6) is 0 Å². The van der Waals surface area contributed by atoms with Crippen LogP contribution in [0.25, 0.3) is 10.9 Å². The molecule has 6 heteroatoms. The van der Waals surface area contributed by atoms with Crippen molar-refractivity contribution in [3.05, 3.63) is 64.3 Å². The minimum atomic E-state index is 0.0732. The van der Waals surface area contributed by atoms with Crippen LogP contribution in [0.1, 0.15) is 24.1 Å². The van der Waals surface area contributed by atoms with Crippen molar-refractivity contribution in [1.29, 1.82) is 0 Å². The molecule has 1 aliphatic heterocycles. The SMILES string of the molecule is Cc1ccc2[nH]c(CN[C@@H]3CCCN(c4cnccn4)C3)cc(=O)c2c1. The minimum Gasteiger partial charge on any atom is -0.357 e. The summed E-state index contributed by atoms with van der Waals surface area (Å²) in [5, 5.41) is 4.33. The number of aromatic amines is 1. The molecule has 1 fully saturated rings. The topological polar surface area (TPSA) is 73.9 Å². The van der Waals surface area contributed by atoms with Crippen LogP contribution in [0, 0.1) is 6.92 Å². The number of benzene rings is 1. The van der Waals surface area contributed by atoms with Gasteiger partial charge in [0.1, 0.15) is 5.82 Å². The van der Waals surface area contributed by atoms with Gasteiger partial charge in [0, 0.05) is 60.7 Å². The second-order valence-corrected chi connectivity index (χ2v) is 6.94. The summed E-state index contributed by atoms with van der Waals surface area (Å²) in [4.78, 5) is 26.6. The third-order valence-electron chi connectivity index (χ3n) is 4.92. The quantitative estimate of drug-likeness (QED) is 0.756. The van der Waals surface area contributed by atoms with E-state index in [1.807, 2.05) is 31.3 Å². The molecule has 0 amide bonds. The van der Waals surface area contributed by atoms with Crippen molar-refractivity contribution >= 4 is 16.7 Å². The smallest absolute Gasteiger partial charge is 0.189 e. The van der Waals surface area contributed by atoms with Crippen LogP contribution in [-0.2, 0) is 6.54 Å². The molecule has 3 heterocycles. The van der Waals surface area contributed by atoms with Gasteiger partial charge in [0.2, 0.25) is 0 Å². The Hall–Kier alpha value is -2.73. The summed E-state index contributed by atoms with van der Waals surface area (Å²) in [5.41, 5.74) is 2.98. The van der Waals surface area contributed by atoms with Gasteiger partial charge in [-0.1, -0.05) is 11.6 Å². The van der Waals surface area contributed by atoms with Gasteiger partial charge in [-0.2, -0.15) is 0 Å². The molecule has 4 rings (SSSR count). The van der Waals surface area contributed by atoms with Crippen LogP contribution in [0.3, 0.4) is 0 Å². The molecule has 0 spiro atoms. The van der Waals surface area contributed by atoms with E-state index in [-0.39, 0.29) is 5.43 Å². The number of pyridine rings is 1. The number of aromatic nitrogens is 3. The number of aryl methyl sites for hydroxylation is 1. The molecule has 0 bridgehead atoms. The molecule has 0 radical (unpaired) electrons. The number of fused-ring (bicyclic) bond motifs is 1. The lowest BCUT2D eigenvalue weighted by molar-refractivity contribution is 0.418. The molecule has 0 unspecified atom stereocenters. The van der Waals surface area contributed by atoms with E-state index in [0.717, 1.165) is 53.9 Å². The number of nitrogens with zero attached hydrogens (tertiary/aromatic N) is 3. The van der Waals surface area contributed by atoms with E-state index in [4.69, 9.17) is 0 Å². The van der Waals surface area contributed by atoms with Crippen molar-refractivity contribution in [2.75, 3.05) is 18.0 Å². The number of hydrogen-bond donors (Lipinski definition) is 2. The van der Waals surface area contributed by atoms with Gasteiger partial charge in [0.05, 0.1) is 6.20 Å². The van der Waals surface area contributed by atoms with E-state index in [9.17, 15) is 4.79 Å². The molecule has 0 aliphatic carbocycles. The summed E-state index contributed by atoms with van der Waals surface area (Å²) in [6.07, 6.45) is 7.47. The minimum absolute atomic E-state index is 0.0732. The lowest BCUT2D eigenvalue weighted by Crippen LogP contribution is -2.46. The zero-order chi connectivity index (χ0) is 17.9. The van der Waals surface area contributed by atoms with Crippen LogP contribution in [-0.4, -0.2) is 34.1 Å². The van der Waals surface area contributed by atoms with Crippen LogP contribution in [0.2, 0.25) is 0 Å². The molecular weight excluding hydrogens is 326 g/mol. The van der Waals surface area contributed by atoms with E-state index >= 15 is 0 Å². The van der Waals surface area contributed by atoms with Gasteiger partial charge < -0.3 is 15.2 Å². The fourth-order valence-corrected chi connectivity index (χ4v) is 3.57. The van der Waals surface area contributed by atoms with E-state index in [1.54, 1.807) is 18.5 Å². The van der Waals surface area contributed by atoms with Gasteiger partial charge in [-0.15, -0.1) is 0 Å². The van der Waals surface area contributed by atoms with Crippen molar-refractivity contribution in [3.8, 4) is 0 Å². The standard InChI is InChI=1S/C20H23N5O/c1-14-4-5-18-17(9-14)19(26)10-16(24-18)11-23-15-3-2-8-25(13-15)20-12-21-6-7-22-20/h4-7,9-10,12,15,23H,2-3,8,11,13H2,1H3,(H,24,26)/t15-/m1/s1. The third kappa shape index (κ3) is 3.60. The van der Waals surface area contributed by atoms with Crippen LogP contribution in [0.15, 0.2) is 47.7 Å². The lowest BCUT2D eigenvalue weighted by atomic mass is 10.1. The molecule has 2 N–H and O–H groups in total. The first-order chi connectivity index (χ1) is 12.7. The fourth-order valence-electron chi connectivity index (χ4n) is 3.57. The highest BCUT2D eigenvalue weighted by molar-refractivity contribution is 5.79. The normalized spacial score (nSPS) is 17.6. The maximum atomic E-state index is 12.4. The second-order valence-electron chi connectivity index (χ2n) is 6.94. The molecule has 1 aromatic carbocycles. The molecule has 1 atom stereocenters. The zero-order valence-corrected chi connectivity index (χ0v) is 14.9. The molecule has 134 valence electrons. The third-order valence-corrected chi connectivity index (χ3v) is 4.92. The summed E-state index contributed by atoms with van der Waals surface area (Å²) >= 11 is 0. The van der Waals surface area contributed by atoms with E-state index in [2.05, 4.69) is 25.2 Å². The average Bonchev–Trinajstić information content (AvgIpc) is 2.68. The van der Waals surface area contributed by atoms with Gasteiger partial charge in [0.25, 0.3) is 0 Å². The Morgan fingerprint density at radius 1 is 1.31 bits per heavy atom. The number of hydrogen-bond acceptors (Lipinski definition) is 5. The van der Waals surface area contributed by atoms with Crippen LogP contribution in [0.4, 0.5) is 5.82 Å². The van der Waals surface area contributed by atoms with Gasteiger partial charge in [-0.3, -0.25) is 9.78 Å². The van der Waals surface area contributed by atoms with Crippen molar-refractivity contribution in [2.24, 2.45) is 0 Å². The Morgan fingerprint density at radius 2 is 2.23 bits per heavy atom. The van der Waals surface area contributed by atoms with Gasteiger partial charge in [0.15, 0.2) is 5.43 Å². The predicted octanol–water partition coefficient (Wildman–Crippen LogP) is 2.39. The first-order valence-electron chi connectivity index (χ1n) is 9.06. The number of anilines is 1. The number of H-pyrrole nitrogens is 1. The van der Waals surface area contributed by atoms with E-state index in [1.165, 1.54) is 0 Å². The van der Waals surface area contributed by atoms with Crippen LogP contribution >= 0.6 is 0 Å². The largest absolute Gasteiger partial charge is 0.357 e. The number of piperidine rings is 1. The maximum absolute atomic E-state index is 12.4. The number of rotatable bonds is 4. The summed E-state index contributed by atoms with van der Waals surface area (Å²) in [6.45, 7) is 4.55. The molecule has 3 aromatic rings. The maximum Gasteiger partial charge on any atom is 0.189 e. The first kappa shape index (κ1) is 16.7. The summed E-state index contributed by atoms with van der Waals surface area (Å²) in [7, 11) is 0. The molecule has 0 saturated carbocycles. The highest BCUT2D eigenvalue weighted by Gasteiger charge is 2.20. The highest BCUT2D eigenvalue weighted by Crippen LogP contribution is 2.17. The molecule has 2 aromatic heterocycles. The van der Waals surface area contributed by atoms with Crippen molar-refractivity contribution in [2.45, 2.75) is 32.4 Å². The first-order valence-corrected chi connectivity index (χ1v) is 9.06. The molecule has 1 saturated heterocycles. The Bertz CT molecular complexity index is 953. The van der Waals surface area contributed by atoms with Crippen molar-refractivity contribution in [1.82, 2.24) is 20.3 Å². The van der Waals surface area contributed by atoms with E-state index < -0.39 is 0 Å². The van der Waals surface area contributed by atoms with E-state index in [0.29, 0.717) is 12.6 Å². The summed E-state index contributed by atoms with van der Waals surface area (Å²) < 4.78 is 0. The second kappa shape index (κ2) is 7.25. The Balaban J connectivity index is 1.44. The Morgan fingerprint density at radius 3 is 3.08 bits per heavy atom. The Labute approximate surface area is 152 Å². The zero-order valence-electron chi connectivity index (χ0n) is 14.9. The molecule has 6 nitrogen and oxygen atoms in total. The van der Waals surface area contributed by atoms with Crippen molar-refractivity contribution < 1.29 is 0 Å². The predicted molar refractivity (Wildman–Crippen MR) is 103 cm³/mol. The summed E-state index contributed by atoms with van der Waals surface area (Å²) in [5.74, 6) is 0.925. The lowest BCUT2D eigenvalue weighted by Gasteiger charge is -2.33. The summed E-state index contributed by atoms with van der Waals surface area (Å²) in [6, 6.07) is 8.01. The van der Waals surface area contributed by atoms with Crippen LogP contribution < -0.4 is 15.6 Å². The number of nitrogens with one attached hydrogen (secondary N) is 2. The highest BCUT2D eigenvalue weighted by atomic mass is 16.1. The molecular formula is C20H23N5O. The van der Waals surface area contributed by atoms with Crippen molar-refractivity contribution in [3.63, 3.8) is 0 Å². The average molecular weight is 349 g/mol. The van der Waals surface area contributed by atoms with Gasteiger partial charge in [-0.25, -0.2) is 4.98 Å². The fraction of sp³-hybridized carbons (Fsp3) is 0.350. The monoisotopic (exact) mass is 349 g/mol.